The van der Waals surface area contributed by atoms with Crippen molar-refractivity contribution in [2.75, 3.05) is 32.7 Å². The maximum Gasteiger partial charge on any atom is 0.257 e. The van der Waals surface area contributed by atoms with E-state index in [1.54, 1.807) is 0 Å². The van der Waals surface area contributed by atoms with Crippen LogP contribution in [0.2, 0.25) is 0 Å². The molecule has 0 unspecified atom stereocenters. The minimum atomic E-state index is -0.271. The summed E-state index contributed by atoms with van der Waals surface area (Å²) in [5.41, 5.74) is 9.74. The Morgan fingerprint density at radius 1 is 0.871 bits per heavy atom. The molecule has 1 fully saturated rings. The van der Waals surface area contributed by atoms with Crippen LogP contribution < -0.4 is 11.3 Å². The van der Waals surface area contributed by atoms with Gasteiger partial charge in [0.15, 0.2) is 0 Å². The van der Waals surface area contributed by atoms with Gasteiger partial charge in [0.1, 0.15) is 0 Å². The van der Waals surface area contributed by atoms with Crippen LogP contribution in [0.4, 0.5) is 0 Å². The number of aromatic nitrogens is 2. The molecule has 4 aromatic rings. The molecule has 4 N–H and O–H groups in total. The topological polar surface area (TPSA) is 98.2 Å². The van der Waals surface area contributed by atoms with Gasteiger partial charge in [0.05, 0.1) is 17.8 Å². The van der Waals surface area contributed by atoms with Crippen molar-refractivity contribution in [1.82, 2.24) is 19.8 Å². The lowest BCUT2D eigenvalue weighted by molar-refractivity contribution is -0.119. The van der Waals surface area contributed by atoms with E-state index in [2.05, 4.69) is 38.0 Å². The summed E-state index contributed by atoms with van der Waals surface area (Å²) < 4.78 is 0. The molecule has 0 atom stereocenters. The molecule has 31 heavy (non-hydrogen) atoms. The Morgan fingerprint density at radius 2 is 1.61 bits per heavy atom. The van der Waals surface area contributed by atoms with Crippen molar-refractivity contribution >= 4 is 27.7 Å². The number of hydrogen-bond acceptors (Lipinski definition) is 4. The number of fused-ring (bicyclic) bond motifs is 2. The fraction of sp³-hybridized carbons (Fsp3) is 0.250. The number of nitrogens with zero attached hydrogens (tertiary/aromatic N) is 2. The van der Waals surface area contributed by atoms with Gasteiger partial charge in [-0.3, -0.25) is 19.4 Å². The molecule has 0 aliphatic carbocycles. The molecule has 2 aromatic carbocycles. The number of aromatic amines is 2. The van der Waals surface area contributed by atoms with Gasteiger partial charge in [-0.25, -0.2) is 0 Å². The summed E-state index contributed by atoms with van der Waals surface area (Å²) in [6.45, 7) is 4.72. The lowest BCUT2D eigenvalue weighted by Crippen LogP contribution is -2.48. The SMILES string of the molecule is NC(=O)CN1CCN(Cc2ccc3[nH]c(-c4cc5ccccc5[nH]c4=O)cc3c2)CC1. The molecule has 158 valence electrons. The highest BCUT2D eigenvalue weighted by Gasteiger charge is 2.18. The van der Waals surface area contributed by atoms with Crippen molar-refractivity contribution < 1.29 is 4.79 Å². The number of H-pyrrole nitrogens is 2. The maximum atomic E-state index is 12.6. The molecule has 2 aromatic heterocycles. The van der Waals surface area contributed by atoms with E-state index in [4.69, 9.17) is 5.73 Å². The Kier molecular flexibility index (Phi) is 5.05. The van der Waals surface area contributed by atoms with Crippen LogP contribution >= 0.6 is 0 Å². The highest BCUT2D eigenvalue weighted by Crippen LogP contribution is 2.25. The standard InChI is InChI=1S/C24H25N5O2/c25-23(30)15-29-9-7-28(8-10-29)14-16-5-6-21-18(11-16)13-22(26-21)19-12-17-3-1-2-4-20(17)27-24(19)31/h1-6,11-13,26H,7-10,14-15H2,(H2,25,30)(H,27,31). The number of rotatable bonds is 5. The van der Waals surface area contributed by atoms with E-state index in [1.807, 2.05) is 36.4 Å². The Balaban J connectivity index is 1.36. The van der Waals surface area contributed by atoms with Gasteiger partial charge in [0.2, 0.25) is 5.91 Å². The largest absolute Gasteiger partial charge is 0.369 e. The summed E-state index contributed by atoms with van der Waals surface area (Å²) in [7, 11) is 0. The number of piperazine rings is 1. The van der Waals surface area contributed by atoms with E-state index < -0.39 is 0 Å². The average molecular weight is 415 g/mol. The van der Waals surface area contributed by atoms with Crippen LogP contribution in [-0.2, 0) is 11.3 Å². The molecule has 1 aliphatic heterocycles. The van der Waals surface area contributed by atoms with Crippen molar-refractivity contribution in [2.45, 2.75) is 6.54 Å². The molecule has 0 spiro atoms. The number of para-hydroxylation sites is 1. The minimum absolute atomic E-state index is 0.0979. The van der Waals surface area contributed by atoms with Crippen LogP contribution in [-0.4, -0.2) is 58.4 Å². The summed E-state index contributed by atoms with van der Waals surface area (Å²) in [6, 6.07) is 18.2. The van der Waals surface area contributed by atoms with Gasteiger partial charge in [-0.2, -0.15) is 0 Å². The molecule has 0 radical (unpaired) electrons. The number of primary amides is 1. The number of nitrogens with one attached hydrogen (secondary N) is 2. The first-order valence-electron chi connectivity index (χ1n) is 10.5. The third-order valence-electron chi connectivity index (χ3n) is 5.98. The molecular formula is C24H25N5O2. The summed E-state index contributed by atoms with van der Waals surface area (Å²) >= 11 is 0. The molecule has 7 nitrogen and oxygen atoms in total. The lowest BCUT2D eigenvalue weighted by Gasteiger charge is -2.34. The van der Waals surface area contributed by atoms with Crippen LogP contribution in [0.1, 0.15) is 5.56 Å². The lowest BCUT2D eigenvalue weighted by atomic mass is 10.1. The third-order valence-corrected chi connectivity index (χ3v) is 5.98. The second kappa shape index (κ2) is 8.02. The first kappa shape index (κ1) is 19.5. The van der Waals surface area contributed by atoms with Crippen molar-refractivity contribution in [3.63, 3.8) is 0 Å². The molecule has 1 aliphatic rings. The maximum absolute atomic E-state index is 12.6. The molecule has 7 heteroatoms. The zero-order chi connectivity index (χ0) is 21.4. The van der Waals surface area contributed by atoms with Gasteiger partial charge in [0.25, 0.3) is 5.56 Å². The Bertz CT molecular complexity index is 1310. The first-order chi connectivity index (χ1) is 15.0. The van der Waals surface area contributed by atoms with Gasteiger partial charge in [-0.15, -0.1) is 0 Å². The summed E-state index contributed by atoms with van der Waals surface area (Å²) in [5.74, 6) is -0.271. The molecule has 0 saturated carbocycles. The van der Waals surface area contributed by atoms with E-state index in [0.717, 1.165) is 60.2 Å². The van der Waals surface area contributed by atoms with Crippen molar-refractivity contribution in [1.29, 1.82) is 0 Å². The zero-order valence-electron chi connectivity index (χ0n) is 17.2. The smallest absolute Gasteiger partial charge is 0.257 e. The number of carbonyl (C=O) groups excluding carboxylic acids is 1. The zero-order valence-corrected chi connectivity index (χ0v) is 17.2. The number of hydrogen-bond donors (Lipinski definition) is 3. The highest BCUT2D eigenvalue weighted by atomic mass is 16.1. The number of pyridine rings is 1. The Hall–Kier alpha value is -3.42. The van der Waals surface area contributed by atoms with Crippen LogP contribution in [0.3, 0.4) is 0 Å². The van der Waals surface area contributed by atoms with Crippen LogP contribution in [0.25, 0.3) is 33.1 Å². The summed E-state index contributed by atoms with van der Waals surface area (Å²) in [4.78, 5) is 34.6. The molecule has 1 saturated heterocycles. The molecular weight excluding hydrogens is 390 g/mol. The number of amides is 1. The van der Waals surface area contributed by atoms with Gasteiger partial charge in [0, 0.05) is 49.1 Å². The van der Waals surface area contributed by atoms with Gasteiger partial charge < -0.3 is 15.7 Å². The van der Waals surface area contributed by atoms with Crippen LogP contribution in [0.5, 0.6) is 0 Å². The molecule has 3 heterocycles. The van der Waals surface area contributed by atoms with E-state index in [0.29, 0.717) is 12.1 Å². The van der Waals surface area contributed by atoms with Crippen molar-refractivity contribution in [3.05, 3.63) is 70.5 Å². The van der Waals surface area contributed by atoms with Crippen LogP contribution in [0.15, 0.2) is 59.4 Å². The monoisotopic (exact) mass is 415 g/mol. The fourth-order valence-corrected chi connectivity index (χ4v) is 4.36. The normalized spacial score (nSPS) is 15.6. The number of benzene rings is 2. The predicted molar refractivity (Wildman–Crippen MR) is 123 cm³/mol. The molecule has 5 rings (SSSR count). The van der Waals surface area contributed by atoms with Gasteiger partial charge >= 0.3 is 0 Å². The third kappa shape index (κ3) is 4.10. The number of nitrogens with two attached hydrogens (primary N) is 1. The van der Waals surface area contributed by atoms with Gasteiger partial charge in [-0.05, 0) is 41.3 Å². The van der Waals surface area contributed by atoms with E-state index in [-0.39, 0.29) is 11.5 Å². The second-order valence-electron chi connectivity index (χ2n) is 8.22. The van der Waals surface area contributed by atoms with E-state index >= 15 is 0 Å². The molecule has 1 amide bonds. The summed E-state index contributed by atoms with van der Waals surface area (Å²) in [6.07, 6.45) is 0. The van der Waals surface area contributed by atoms with Crippen molar-refractivity contribution in [2.24, 2.45) is 5.73 Å². The molecule has 0 bridgehead atoms. The first-order valence-corrected chi connectivity index (χ1v) is 10.5. The Labute approximate surface area is 179 Å². The summed E-state index contributed by atoms with van der Waals surface area (Å²) in [5, 5.41) is 2.10. The van der Waals surface area contributed by atoms with E-state index in [1.165, 1.54) is 5.56 Å². The predicted octanol–water partition coefficient (Wildman–Crippen LogP) is 2.28. The Morgan fingerprint density at radius 3 is 2.42 bits per heavy atom. The quantitative estimate of drug-likeness (QED) is 0.466. The minimum Gasteiger partial charge on any atom is -0.369 e. The van der Waals surface area contributed by atoms with Crippen LogP contribution in [0, 0.1) is 0 Å². The fourth-order valence-electron chi connectivity index (χ4n) is 4.36. The highest BCUT2D eigenvalue weighted by molar-refractivity contribution is 5.89. The van der Waals surface area contributed by atoms with E-state index in [9.17, 15) is 9.59 Å². The average Bonchev–Trinajstić information content (AvgIpc) is 3.17. The second-order valence-corrected chi connectivity index (χ2v) is 8.22. The van der Waals surface area contributed by atoms with Gasteiger partial charge in [-0.1, -0.05) is 24.3 Å². The van der Waals surface area contributed by atoms with Crippen molar-refractivity contribution in [3.8, 4) is 11.3 Å². The number of carbonyl (C=O) groups is 1.